The Bertz CT molecular complexity index is 1640. The average Bonchev–Trinajstić information content (AvgIpc) is 3.46. The fourth-order valence-electron chi connectivity index (χ4n) is 5.09. The maximum absolute atomic E-state index is 14.0. The molecule has 0 saturated carbocycles. The summed E-state index contributed by atoms with van der Waals surface area (Å²) >= 11 is 6.22. The third-order valence-electron chi connectivity index (χ3n) is 7.37. The van der Waals surface area contributed by atoms with Crippen molar-refractivity contribution >= 4 is 39.9 Å². The second-order valence-electron chi connectivity index (χ2n) is 11.4. The molecule has 0 aliphatic carbocycles. The summed E-state index contributed by atoms with van der Waals surface area (Å²) in [4.78, 5) is 29.1. The van der Waals surface area contributed by atoms with Gasteiger partial charge in [0, 0.05) is 22.2 Å². The number of ether oxygens (including phenoxy) is 1. The Morgan fingerprint density at radius 2 is 1.68 bits per heavy atom. The standard InChI is InChI=1S/C33H32ClNO5/c1-18(2)19-9-13-24(14-10-19)35-28(20-7-11-22(12-8-20)33(3,4)5)27(30(37)32(35)38)29(36)25-16-21-15-23(34)17-26(39-6)31(21)40-25/h7-18,28,37H,1-6H3. The minimum absolute atomic E-state index is 0.0294. The summed E-state index contributed by atoms with van der Waals surface area (Å²) in [5.74, 6) is -1.19. The Morgan fingerprint density at radius 3 is 2.25 bits per heavy atom. The van der Waals surface area contributed by atoms with E-state index in [1.165, 1.54) is 12.0 Å². The normalized spacial score (nSPS) is 15.9. The molecule has 1 amide bonds. The van der Waals surface area contributed by atoms with Crippen LogP contribution in [0.15, 0.2) is 82.5 Å². The quantitative estimate of drug-likeness (QED) is 0.241. The van der Waals surface area contributed by atoms with E-state index in [4.69, 9.17) is 20.8 Å². The van der Waals surface area contributed by atoms with Gasteiger partial charge in [-0.3, -0.25) is 14.5 Å². The Balaban J connectivity index is 1.65. The summed E-state index contributed by atoms with van der Waals surface area (Å²) in [6.07, 6.45) is 0. The molecule has 4 aromatic rings. The van der Waals surface area contributed by atoms with Gasteiger partial charge in [0.05, 0.1) is 18.7 Å². The van der Waals surface area contributed by atoms with E-state index in [1.54, 1.807) is 18.2 Å². The number of benzene rings is 3. The number of rotatable bonds is 6. The number of methoxy groups -OCH3 is 1. The lowest BCUT2D eigenvalue weighted by atomic mass is 9.85. The highest BCUT2D eigenvalue weighted by Gasteiger charge is 2.45. The van der Waals surface area contributed by atoms with E-state index >= 15 is 0 Å². The number of hydrogen-bond acceptors (Lipinski definition) is 5. The van der Waals surface area contributed by atoms with Crippen molar-refractivity contribution in [3.05, 3.63) is 106 Å². The van der Waals surface area contributed by atoms with Crippen LogP contribution >= 0.6 is 11.6 Å². The number of nitrogens with zero attached hydrogens (tertiary/aromatic N) is 1. The molecule has 6 nitrogen and oxygen atoms in total. The molecule has 0 saturated heterocycles. The number of Topliss-reactive ketones (excluding diaryl/α,β-unsaturated/α-hetero) is 1. The Labute approximate surface area is 238 Å². The van der Waals surface area contributed by atoms with Crippen LogP contribution in [0.25, 0.3) is 11.0 Å². The van der Waals surface area contributed by atoms with E-state index in [2.05, 4.69) is 34.6 Å². The lowest BCUT2D eigenvalue weighted by Gasteiger charge is -2.28. The topological polar surface area (TPSA) is 80.0 Å². The van der Waals surface area contributed by atoms with Crippen molar-refractivity contribution in [2.75, 3.05) is 12.0 Å². The first-order valence-electron chi connectivity index (χ1n) is 13.2. The van der Waals surface area contributed by atoms with Gasteiger partial charge in [0.15, 0.2) is 22.9 Å². The summed E-state index contributed by atoms with van der Waals surface area (Å²) in [6.45, 7) is 10.5. The smallest absolute Gasteiger partial charge is 0.294 e. The van der Waals surface area contributed by atoms with Crippen molar-refractivity contribution in [1.82, 2.24) is 0 Å². The zero-order valence-corrected chi connectivity index (χ0v) is 24.2. The van der Waals surface area contributed by atoms with Crippen LogP contribution in [-0.4, -0.2) is 23.9 Å². The van der Waals surface area contributed by atoms with Crippen LogP contribution < -0.4 is 9.64 Å². The molecular weight excluding hydrogens is 526 g/mol. The third kappa shape index (κ3) is 4.77. The van der Waals surface area contributed by atoms with Gasteiger partial charge in [-0.25, -0.2) is 0 Å². The van der Waals surface area contributed by atoms with Crippen LogP contribution in [0.2, 0.25) is 5.02 Å². The summed E-state index contributed by atoms with van der Waals surface area (Å²) < 4.78 is 11.3. The third-order valence-corrected chi connectivity index (χ3v) is 7.59. The molecule has 206 valence electrons. The molecule has 3 aromatic carbocycles. The van der Waals surface area contributed by atoms with Crippen molar-refractivity contribution in [2.24, 2.45) is 0 Å². The second kappa shape index (κ2) is 10.2. The molecule has 40 heavy (non-hydrogen) atoms. The van der Waals surface area contributed by atoms with Crippen molar-refractivity contribution in [3.63, 3.8) is 0 Å². The monoisotopic (exact) mass is 557 g/mol. The molecule has 0 fully saturated rings. The fourth-order valence-corrected chi connectivity index (χ4v) is 5.30. The van der Waals surface area contributed by atoms with Gasteiger partial charge in [-0.1, -0.05) is 82.6 Å². The molecule has 0 radical (unpaired) electrons. The largest absolute Gasteiger partial charge is 0.503 e. The maximum atomic E-state index is 14.0. The molecule has 1 N–H and O–H groups in total. The molecule has 0 spiro atoms. The lowest BCUT2D eigenvalue weighted by molar-refractivity contribution is -0.117. The predicted octanol–water partition coefficient (Wildman–Crippen LogP) is 8.30. The number of carbonyl (C=O) groups is 2. The number of furan rings is 1. The Kier molecular flexibility index (Phi) is 7.01. The number of anilines is 1. The van der Waals surface area contributed by atoms with E-state index in [1.807, 2.05) is 48.5 Å². The summed E-state index contributed by atoms with van der Waals surface area (Å²) in [7, 11) is 1.48. The number of amides is 1. The Hall–Kier alpha value is -4.03. The zero-order valence-electron chi connectivity index (χ0n) is 23.4. The van der Waals surface area contributed by atoms with Crippen molar-refractivity contribution < 1.29 is 23.8 Å². The van der Waals surface area contributed by atoms with Crippen LogP contribution in [0.5, 0.6) is 5.75 Å². The lowest BCUT2D eigenvalue weighted by Crippen LogP contribution is -2.31. The molecule has 5 rings (SSSR count). The number of ketones is 1. The average molecular weight is 558 g/mol. The molecule has 1 aromatic heterocycles. The van der Waals surface area contributed by atoms with Gasteiger partial charge >= 0.3 is 0 Å². The van der Waals surface area contributed by atoms with Crippen LogP contribution in [0, 0.1) is 0 Å². The van der Waals surface area contributed by atoms with Crippen molar-refractivity contribution in [2.45, 2.75) is 52.0 Å². The molecule has 2 heterocycles. The van der Waals surface area contributed by atoms with Gasteiger partial charge in [-0.15, -0.1) is 0 Å². The number of halogens is 1. The minimum Gasteiger partial charge on any atom is -0.503 e. The number of fused-ring (bicyclic) bond motifs is 1. The molecule has 1 aliphatic heterocycles. The fraction of sp³-hybridized carbons (Fsp3) is 0.273. The van der Waals surface area contributed by atoms with Gasteiger partial charge in [0.1, 0.15) is 0 Å². The number of aliphatic hydroxyl groups is 1. The van der Waals surface area contributed by atoms with Gasteiger partial charge in [-0.05, 0) is 52.3 Å². The minimum atomic E-state index is -0.863. The van der Waals surface area contributed by atoms with Crippen LogP contribution in [0.4, 0.5) is 5.69 Å². The van der Waals surface area contributed by atoms with Crippen LogP contribution in [0.1, 0.15) is 73.8 Å². The SMILES string of the molecule is COc1cc(Cl)cc2cc(C(=O)C3=C(O)C(=O)N(c4ccc(C(C)C)cc4)C3c3ccc(C(C)(C)C)cc3)oc12. The van der Waals surface area contributed by atoms with Gasteiger partial charge in [0.25, 0.3) is 5.91 Å². The summed E-state index contributed by atoms with van der Waals surface area (Å²) in [5, 5.41) is 12.2. The molecule has 1 unspecified atom stereocenters. The summed E-state index contributed by atoms with van der Waals surface area (Å²) in [5.41, 5.74) is 3.71. The van der Waals surface area contributed by atoms with Gasteiger partial charge in [-0.2, -0.15) is 0 Å². The molecule has 1 atom stereocenters. The molecule has 1 aliphatic rings. The van der Waals surface area contributed by atoms with Gasteiger partial charge < -0.3 is 14.3 Å². The first-order valence-corrected chi connectivity index (χ1v) is 13.6. The van der Waals surface area contributed by atoms with E-state index in [0.29, 0.717) is 38.9 Å². The zero-order chi connectivity index (χ0) is 28.9. The van der Waals surface area contributed by atoms with Crippen LogP contribution in [-0.2, 0) is 10.2 Å². The van der Waals surface area contributed by atoms with E-state index in [9.17, 15) is 14.7 Å². The van der Waals surface area contributed by atoms with Crippen LogP contribution in [0.3, 0.4) is 0 Å². The first-order chi connectivity index (χ1) is 18.9. The predicted molar refractivity (Wildman–Crippen MR) is 158 cm³/mol. The second-order valence-corrected chi connectivity index (χ2v) is 11.9. The highest BCUT2D eigenvalue weighted by Crippen LogP contribution is 2.43. The van der Waals surface area contributed by atoms with Crippen molar-refractivity contribution in [3.8, 4) is 5.75 Å². The van der Waals surface area contributed by atoms with Crippen molar-refractivity contribution in [1.29, 1.82) is 0 Å². The highest BCUT2D eigenvalue weighted by atomic mass is 35.5. The highest BCUT2D eigenvalue weighted by molar-refractivity contribution is 6.31. The molecule has 0 bridgehead atoms. The number of aliphatic hydroxyl groups excluding tert-OH is 1. The number of carbonyl (C=O) groups excluding carboxylic acids is 2. The molecule has 7 heteroatoms. The number of hydrogen-bond donors (Lipinski definition) is 1. The Morgan fingerprint density at radius 1 is 1.02 bits per heavy atom. The van der Waals surface area contributed by atoms with E-state index < -0.39 is 23.5 Å². The summed E-state index contributed by atoms with van der Waals surface area (Å²) in [6, 6.07) is 19.3. The van der Waals surface area contributed by atoms with E-state index in [-0.39, 0.29) is 16.7 Å². The maximum Gasteiger partial charge on any atom is 0.294 e. The molecular formula is C33H32ClNO5. The van der Waals surface area contributed by atoms with E-state index in [0.717, 1.165) is 11.1 Å². The van der Waals surface area contributed by atoms with Gasteiger partial charge in [0.2, 0.25) is 5.78 Å². The first kappa shape index (κ1) is 27.5.